The van der Waals surface area contributed by atoms with Gasteiger partial charge in [0.2, 0.25) is 0 Å². The van der Waals surface area contributed by atoms with E-state index in [-0.39, 0.29) is 11.9 Å². The maximum atomic E-state index is 11.9. The number of hydrogen-bond donors (Lipinski definition) is 3. The number of urea groups is 1. The summed E-state index contributed by atoms with van der Waals surface area (Å²) in [5.41, 5.74) is 2.39. The van der Waals surface area contributed by atoms with Gasteiger partial charge >= 0.3 is 6.03 Å². The molecule has 0 saturated carbocycles. The summed E-state index contributed by atoms with van der Waals surface area (Å²) < 4.78 is 4.87. The summed E-state index contributed by atoms with van der Waals surface area (Å²) in [5.74, 6) is -0.258. The zero-order valence-electron chi connectivity index (χ0n) is 12.7. The van der Waals surface area contributed by atoms with Crippen LogP contribution in [-0.4, -0.2) is 11.9 Å². The monoisotopic (exact) mass is 321 g/mol. The largest absolute Gasteiger partial charge is 0.472 e. The van der Waals surface area contributed by atoms with E-state index in [0.29, 0.717) is 22.6 Å². The van der Waals surface area contributed by atoms with Gasteiger partial charge in [-0.3, -0.25) is 4.79 Å². The van der Waals surface area contributed by atoms with Crippen molar-refractivity contribution in [2.24, 2.45) is 0 Å². The van der Waals surface area contributed by atoms with Gasteiger partial charge in [0.25, 0.3) is 5.91 Å². The zero-order chi connectivity index (χ0) is 16.8. The predicted molar refractivity (Wildman–Crippen MR) is 92.2 cm³/mol. The van der Waals surface area contributed by atoms with Crippen LogP contribution in [0.1, 0.15) is 10.4 Å². The molecule has 0 radical (unpaired) electrons. The third kappa shape index (κ3) is 4.01. The molecule has 0 saturated heterocycles. The van der Waals surface area contributed by atoms with Crippen molar-refractivity contribution in [1.29, 1.82) is 0 Å². The Hall–Kier alpha value is -3.54. The molecule has 0 spiro atoms. The Labute approximate surface area is 138 Å². The fraction of sp³-hybridized carbons (Fsp3) is 0. The van der Waals surface area contributed by atoms with Gasteiger partial charge in [0, 0.05) is 17.1 Å². The van der Waals surface area contributed by atoms with Crippen molar-refractivity contribution in [3.63, 3.8) is 0 Å². The molecular formula is C18H15N3O3. The lowest BCUT2D eigenvalue weighted by Gasteiger charge is -2.09. The number of rotatable bonds is 4. The SMILES string of the molecule is O=C(Nc1ccccc1)Nc1ccc(NC(=O)c2ccoc2)cc1. The molecule has 1 heterocycles. The average Bonchev–Trinajstić information content (AvgIpc) is 3.12. The van der Waals surface area contributed by atoms with Crippen molar-refractivity contribution in [2.75, 3.05) is 16.0 Å². The maximum absolute atomic E-state index is 11.9. The zero-order valence-corrected chi connectivity index (χ0v) is 12.7. The molecular weight excluding hydrogens is 306 g/mol. The number of carbonyl (C=O) groups excluding carboxylic acids is 2. The summed E-state index contributed by atoms with van der Waals surface area (Å²) in [6, 6.07) is 17.2. The van der Waals surface area contributed by atoms with E-state index in [4.69, 9.17) is 4.42 Å². The molecule has 0 aliphatic carbocycles. The minimum atomic E-state index is -0.337. The van der Waals surface area contributed by atoms with Crippen LogP contribution in [0.3, 0.4) is 0 Å². The second kappa shape index (κ2) is 7.15. The highest BCUT2D eigenvalue weighted by molar-refractivity contribution is 6.04. The van der Waals surface area contributed by atoms with Crippen molar-refractivity contribution in [2.45, 2.75) is 0 Å². The fourth-order valence-electron chi connectivity index (χ4n) is 2.05. The maximum Gasteiger partial charge on any atom is 0.323 e. The molecule has 6 nitrogen and oxygen atoms in total. The van der Waals surface area contributed by atoms with Gasteiger partial charge in [0.05, 0.1) is 11.8 Å². The van der Waals surface area contributed by atoms with Crippen molar-refractivity contribution < 1.29 is 14.0 Å². The number of benzene rings is 2. The lowest BCUT2D eigenvalue weighted by molar-refractivity contribution is 0.102. The number of anilines is 3. The van der Waals surface area contributed by atoms with Crippen LogP contribution in [0, 0.1) is 0 Å². The highest BCUT2D eigenvalue weighted by Crippen LogP contribution is 2.15. The van der Waals surface area contributed by atoms with E-state index < -0.39 is 0 Å². The van der Waals surface area contributed by atoms with Crippen molar-refractivity contribution in [1.82, 2.24) is 0 Å². The number of amides is 3. The molecule has 0 atom stereocenters. The molecule has 3 rings (SSSR count). The smallest absolute Gasteiger partial charge is 0.323 e. The molecule has 3 aromatic rings. The summed E-state index contributed by atoms with van der Waals surface area (Å²) in [7, 11) is 0. The van der Waals surface area contributed by atoms with Gasteiger partial charge in [0.1, 0.15) is 6.26 Å². The van der Waals surface area contributed by atoms with Gasteiger partial charge in [-0.2, -0.15) is 0 Å². The molecule has 2 aromatic carbocycles. The van der Waals surface area contributed by atoms with Crippen LogP contribution in [0.5, 0.6) is 0 Å². The predicted octanol–water partition coefficient (Wildman–Crippen LogP) is 4.18. The van der Waals surface area contributed by atoms with E-state index in [1.807, 2.05) is 18.2 Å². The van der Waals surface area contributed by atoms with Crippen LogP contribution in [0.25, 0.3) is 0 Å². The third-order valence-corrected chi connectivity index (χ3v) is 3.22. The summed E-state index contributed by atoms with van der Waals surface area (Å²) in [6.45, 7) is 0. The van der Waals surface area contributed by atoms with Crippen molar-refractivity contribution in [3.8, 4) is 0 Å². The van der Waals surface area contributed by atoms with E-state index in [0.717, 1.165) is 0 Å². The number of nitrogens with one attached hydrogen (secondary N) is 3. The Morgan fingerprint density at radius 3 is 1.88 bits per heavy atom. The van der Waals surface area contributed by atoms with Crippen LogP contribution in [0.15, 0.2) is 77.6 Å². The Balaban J connectivity index is 1.56. The van der Waals surface area contributed by atoms with Crippen LogP contribution in [0.4, 0.5) is 21.9 Å². The molecule has 0 bridgehead atoms. The summed E-state index contributed by atoms with van der Waals surface area (Å²) in [5, 5.41) is 8.18. The second-order valence-electron chi connectivity index (χ2n) is 4.99. The molecule has 6 heteroatoms. The van der Waals surface area contributed by atoms with Crippen molar-refractivity contribution in [3.05, 3.63) is 78.8 Å². The van der Waals surface area contributed by atoms with Gasteiger partial charge in [0.15, 0.2) is 0 Å². The van der Waals surface area contributed by atoms with E-state index in [9.17, 15) is 9.59 Å². The Kier molecular flexibility index (Phi) is 4.57. The minimum absolute atomic E-state index is 0.258. The number of hydrogen-bond acceptors (Lipinski definition) is 3. The summed E-state index contributed by atoms with van der Waals surface area (Å²) in [6.07, 6.45) is 2.81. The van der Waals surface area contributed by atoms with Gasteiger partial charge in [-0.05, 0) is 42.5 Å². The first-order chi connectivity index (χ1) is 11.7. The van der Waals surface area contributed by atoms with Crippen molar-refractivity contribution >= 4 is 29.0 Å². The lowest BCUT2D eigenvalue weighted by Crippen LogP contribution is -2.19. The van der Waals surface area contributed by atoms with Crippen LogP contribution in [-0.2, 0) is 0 Å². The summed E-state index contributed by atoms with van der Waals surface area (Å²) in [4.78, 5) is 23.8. The summed E-state index contributed by atoms with van der Waals surface area (Å²) >= 11 is 0. The molecule has 0 aliphatic rings. The fourth-order valence-corrected chi connectivity index (χ4v) is 2.05. The number of carbonyl (C=O) groups is 2. The topological polar surface area (TPSA) is 83.4 Å². The Bertz CT molecular complexity index is 812. The molecule has 120 valence electrons. The van der Waals surface area contributed by atoms with Gasteiger partial charge in [-0.1, -0.05) is 18.2 Å². The second-order valence-corrected chi connectivity index (χ2v) is 4.99. The highest BCUT2D eigenvalue weighted by Gasteiger charge is 2.07. The number of para-hydroxylation sites is 1. The molecule has 3 N–H and O–H groups in total. The first kappa shape index (κ1) is 15.4. The first-order valence-corrected chi connectivity index (χ1v) is 7.27. The number of furan rings is 1. The average molecular weight is 321 g/mol. The third-order valence-electron chi connectivity index (χ3n) is 3.22. The molecule has 24 heavy (non-hydrogen) atoms. The Morgan fingerprint density at radius 1 is 0.708 bits per heavy atom. The Morgan fingerprint density at radius 2 is 1.29 bits per heavy atom. The van der Waals surface area contributed by atoms with Crippen LogP contribution in [0.2, 0.25) is 0 Å². The van der Waals surface area contributed by atoms with E-state index in [1.54, 1.807) is 42.5 Å². The van der Waals surface area contributed by atoms with E-state index in [2.05, 4.69) is 16.0 Å². The minimum Gasteiger partial charge on any atom is -0.472 e. The standard InChI is InChI=1S/C18H15N3O3/c22-17(13-10-11-24-12-13)19-15-6-8-16(9-7-15)21-18(23)20-14-4-2-1-3-5-14/h1-12H,(H,19,22)(H2,20,21,23). The molecule has 3 amide bonds. The quantitative estimate of drug-likeness (QED) is 0.674. The highest BCUT2D eigenvalue weighted by atomic mass is 16.3. The molecule has 1 aromatic heterocycles. The van der Waals surface area contributed by atoms with Crippen LogP contribution >= 0.6 is 0 Å². The van der Waals surface area contributed by atoms with Crippen LogP contribution < -0.4 is 16.0 Å². The van der Waals surface area contributed by atoms with Gasteiger partial charge in [-0.15, -0.1) is 0 Å². The van der Waals surface area contributed by atoms with E-state index >= 15 is 0 Å². The van der Waals surface area contributed by atoms with Gasteiger partial charge < -0.3 is 20.4 Å². The normalized spacial score (nSPS) is 10.0. The van der Waals surface area contributed by atoms with Gasteiger partial charge in [-0.25, -0.2) is 4.79 Å². The lowest BCUT2D eigenvalue weighted by atomic mass is 10.2. The first-order valence-electron chi connectivity index (χ1n) is 7.27. The molecule has 0 fully saturated rings. The van der Waals surface area contributed by atoms with E-state index in [1.165, 1.54) is 12.5 Å². The molecule has 0 unspecified atom stereocenters. The molecule has 0 aliphatic heterocycles.